The lowest BCUT2D eigenvalue weighted by Gasteiger charge is -2.22. The first-order chi connectivity index (χ1) is 8.63. The Morgan fingerprint density at radius 2 is 2.28 bits per heavy atom. The Morgan fingerprint density at radius 1 is 1.44 bits per heavy atom. The molecule has 2 aliphatic rings. The van der Waals surface area contributed by atoms with E-state index in [-0.39, 0.29) is 22.7 Å². The third-order valence-corrected chi connectivity index (χ3v) is 4.41. The largest absolute Gasteiger partial charge is 0.349 e. The summed E-state index contributed by atoms with van der Waals surface area (Å²) < 4.78 is 13.1. The number of rotatable bonds is 2. The molecule has 3 atom stereocenters. The van der Waals surface area contributed by atoms with Crippen LogP contribution in [0.5, 0.6) is 0 Å². The van der Waals surface area contributed by atoms with Crippen LogP contribution in [-0.4, -0.2) is 16.9 Å². The third-order valence-electron chi connectivity index (χ3n) is 4.10. The van der Waals surface area contributed by atoms with Crippen molar-refractivity contribution >= 4 is 17.5 Å². The van der Waals surface area contributed by atoms with Crippen molar-refractivity contribution < 1.29 is 9.18 Å². The summed E-state index contributed by atoms with van der Waals surface area (Å²) in [6.07, 6.45) is 5.72. The summed E-state index contributed by atoms with van der Waals surface area (Å²) >= 11 is 5.82. The molecule has 18 heavy (non-hydrogen) atoms. The highest BCUT2D eigenvalue weighted by atomic mass is 35.5. The minimum atomic E-state index is -0.544. The summed E-state index contributed by atoms with van der Waals surface area (Å²) in [6.45, 7) is 0. The van der Waals surface area contributed by atoms with Crippen molar-refractivity contribution in [2.45, 2.75) is 31.7 Å². The normalized spacial score (nSPS) is 29.6. The fourth-order valence-electron chi connectivity index (χ4n) is 3.25. The van der Waals surface area contributed by atoms with Gasteiger partial charge >= 0.3 is 0 Å². The summed E-state index contributed by atoms with van der Waals surface area (Å²) in [5, 5.41) is 3.02. The average Bonchev–Trinajstić information content (AvgIpc) is 2.94. The molecule has 96 valence electrons. The van der Waals surface area contributed by atoms with Crippen molar-refractivity contribution in [2.24, 2.45) is 11.8 Å². The van der Waals surface area contributed by atoms with Crippen LogP contribution in [0.1, 0.15) is 36.0 Å². The molecule has 2 bridgehead atoms. The molecule has 3 nitrogen and oxygen atoms in total. The molecule has 0 radical (unpaired) electrons. The molecule has 1 N–H and O–H groups in total. The van der Waals surface area contributed by atoms with Crippen LogP contribution in [0.3, 0.4) is 0 Å². The van der Waals surface area contributed by atoms with Crippen LogP contribution in [0, 0.1) is 17.7 Å². The first-order valence-electron chi connectivity index (χ1n) is 6.25. The van der Waals surface area contributed by atoms with Crippen LogP contribution < -0.4 is 5.32 Å². The molecule has 0 aromatic carbocycles. The van der Waals surface area contributed by atoms with Crippen LogP contribution in [-0.2, 0) is 0 Å². The monoisotopic (exact) mass is 268 g/mol. The van der Waals surface area contributed by atoms with Gasteiger partial charge in [-0.2, -0.15) is 0 Å². The molecule has 3 unspecified atom stereocenters. The quantitative estimate of drug-likeness (QED) is 0.838. The van der Waals surface area contributed by atoms with Gasteiger partial charge in [-0.3, -0.25) is 4.79 Å². The molecule has 1 aromatic rings. The van der Waals surface area contributed by atoms with Crippen LogP contribution in [0.25, 0.3) is 0 Å². The number of hydrogen-bond acceptors (Lipinski definition) is 2. The molecule has 3 rings (SSSR count). The smallest absolute Gasteiger partial charge is 0.254 e. The van der Waals surface area contributed by atoms with E-state index in [2.05, 4.69) is 10.3 Å². The molecule has 2 aliphatic carbocycles. The van der Waals surface area contributed by atoms with E-state index in [4.69, 9.17) is 11.6 Å². The topological polar surface area (TPSA) is 42.0 Å². The molecule has 1 aromatic heterocycles. The van der Waals surface area contributed by atoms with Crippen molar-refractivity contribution in [1.29, 1.82) is 0 Å². The molecule has 0 aliphatic heterocycles. The second-order valence-corrected chi connectivity index (χ2v) is 5.60. The van der Waals surface area contributed by atoms with E-state index < -0.39 is 5.82 Å². The van der Waals surface area contributed by atoms with Gasteiger partial charge in [-0.1, -0.05) is 18.0 Å². The van der Waals surface area contributed by atoms with E-state index >= 15 is 0 Å². The Kier molecular flexibility index (Phi) is 2.98. The van der Waals surface area contributed by atoms with Gasteiger partial charge < -0.3 is 5.32 Å². The number of fused-ring (bicyclic) bond motifs is 2. The lowest BCUT2D eigenvalue weighted by atomic mass is 9.95. The van der Waals surface area contributed by atoms with Crippen LogP contribution in [0.2, 0.25) is 5.15 Å². The maximum Gasteiger partial charge on any atom is 0.254 e. The molecule has 2 fully saturated rings. The van der Waals surface area contributed by atoms with Crippen LogP contribution >= 0.6 is 11.6 Å². The predicted molar refractivity (Wildman–Crippen MR) is 65.9 cm³/mol. The van der Waals surface area contributed by atoms with Gasteiger partial charge in [-0.05, 0) is 37.2 Å². The van der Waals surface area contributed by atoms with Crippen LogP contribution in [0.15, 0.2) is 12.3 Å². The number of carbonyl (C=O) groups excluding carboxylic acids is 1. The molecule has 0 spiro atoms. The second kappa shape index (κ2) is 4.50. The lowest BCUT2D eigenvalue weighted by Crippen LogP contribution is -2.38. The van der Waals surface area contributed by atoms with Gasteiger partial charge in [0.2, 0.25) is 0 Å². The minimum Gasteiger partial charge on any atom is -0.349 e. The first kappa shape index (κ1) is 11.9. The summed E-state index contributed by atoms with van der Waals surface area (Å²) in [6, 6.07) is 1.35. The zero-order valence-electron chi connectivity index (χ0n) is 9.83. The number of hydrogen-bond donors (Lipinski definition) is 1. The van der Waals surface area contributed by atoms with E-state index in [9.17, 15) is 9.18 Å². The van der Waals surface area contributed by atoms with Gasteiger partial charge in [-0.25, -0.2) is 9.37 Å². The van der Waals surface area contributed by atoms with Crippen molar-refractivity contribution in [3.8, 4) is 0 Å². The fraction of sp³-hybridized carbons (Fsp3) is 0.538. The Morgan fingerprint density at radius 3 is 2.94 bits per heavy atom. The van der Waals surface area contributed by atoms with E-state index in [0.29, 0.717) is 5.92 Å². The highest BCUT2D eigenvalue weighted by Gasteiger charge is 2.40. The van der Waals surface area contributed by atoms with Gasteiger partial charge in [-0.15, -0.1) is 0 Å². The van der Waals surface area contributed by atoms with Gasteiger partial charge in [0.1, 0.15) is 11.0 Å². The number of amides is 1. The van der Waals surface area contributed by atoms with Crippen LogP contribution in [0.4, 0.5) is 4.39 Å². The van der Waals surface area contributed by atoms with E-state index in [1.165, 1.54) is 19.3 Å². The van der Waals surface area contributed by atoms with Crippen molar-refractivity contribution in [2.75, 3.05) is 0 Å². The highest BCUT2D eigenvalue weighted by Crippen LogP contribution is 2.44. The Labute approximate surface area is 110 Å². The van der Waals surface area contributed by atoms with Gasteiger partial charge in [0.25, 0.3) is 5.91 Å². The predicted octanol–water partition coefficient (Wildman–Crippen LogP) is 2.79. The Balaban J connectivity index is 1.73. The van der Waals surface area contributed by atoms with E-state index in [0.717, 1.165) is 24.6 Å². The van der Waals surface area contributed by atoms with E-state index in [1.54, 1.807) is 0 Å². The number of halogens is 2. The molecule has 5 heteroatoms. The Bertz CT molecular complexity index is 494. The SMILES string of the molecule is O=C(NC1CC2CCC1C2)c1cc(F)cnc1Cl. The number of carbonyl (C=O) groups is 1. The molecular formula is C13H14ClFN2O. The zero-order chi connectivity index (χ0) is 12.7. The standard InChI is InChI=1S/C13H14ClFN2O/c14-12-10(5-9(15)6-16-12)13(18)17-11-4-7-1-2-8(11)3-7/h5-8,11H,1-4H2,(H,17,18). The summed E-state index contributed by atoms with van der Waals surface area (Å²) in [4.78, 5) is 15.7. The van der Waals surface area contributed by atoms with Crippen molar-refractivity contribution in [1.82, 2.24) is 10.3 Å². The molecular weight excluding hydrogens is 255 g/mol. The molecule has 2 saturated carbocycles. The summed E-state index contributed by atoms with van der Waals surface area (Å²) in [5.74, 6) is 0.475. The van der Waals surface area contributed by atoms with E-state index in [1.807, 2.05) is 0 Å². The maximum atomic E-state index is 13.1. The summed E-state index contributed by atoms with van der Waals surface area (Å²) in [5.41, 5.74) is 0.124. The number of nitrogens with zero attached hydrogens (tertiary/aromatic N) is 1. The second-order valence-electron chi connectivity index (χ2n) is 5.25. The molecule has 1 heterocycles. The summed E-state index contributed by atoms with van der Waals surface area (Å²) in [7, 11) is 0. The fourth-order valence-corrected chi connectivity index (χ4v) is 3.44. The maximum absolute atomic E-state index is 13.1. The third kappa shape index (κ3) is 2.09. The van der Waals surface area contributed by atoms with Gasteiger partial charge in [0, 0.05) is 6.04 Å². The first-order valence-corrected chi connectivity index (χ1v) is 6.63. The molecule has 1 amide bonds. The van der Waals surface area contributed by atoms with Crippen molar-refractivity contribution in [3.63, 3.8) is 0 Å². The van der Waals surface area contributed by atoms with Crippen molar-refractivity contribution in [3.05, 3.63) is 28.8 Å². The average molecular weight is 269 g/mol. The van der Waals surface area contributed by atoms with Gasteiger partial charge in [0.05, 0.1) is 11.8 Å². The number of nitrogens with one attached hydrogen (secondary N) is 1. The molecule has 0 saturated heterocycles. The number of aromatic nitrogens is 1. The number of pyridine rings is 1. The van der Waals surface area contributed by atoms with Gasteiger partial charge in [0.15, 0.2) is 0 Å². The zero-order valence-corrected chi connectivity index (χ0v) is 10.6. The minimum absolute atomic E-state index is 0.0528. The highest BCUT2D eigenvalue weighted by molar-refractivity contribution is 6.32. The lowest BCUT2D eigenvalue weighted by molar-refractivity contribution is 0.0922. The Hall–Kier alpha value is -1.16.